The molecule has 0 atom stereocenters. The number of thioether (sulfide) groups is 1. The summed E-state index contributed by atoms with van der Waals surface area (Å²) in [5, 5.41) is 0. The first-order valence-electron chi connectivity index (χ1n) is 4.31. The molecular weight excluding hydrogens is 275 g/mol. The topological polar surface area (TPSA) is 43.4 Å². The second kappa shape index (κ2) is 5.75. The number of benzene rings is 1. The molecule has 1 aromatic rings. The first-order chi connectivity index (χ1) is 7.45. The summed E-state index contributed by atoms with van der Waals surface area (Å²) in [6.45, 7) is 0.339. The van der Waals surface area contributed by atoms with E-state index in [9.17, 15) is 12.8 Å². The Balaban J connectivity index is 2.99. The Labute approximate surface area is 102 Å². The maximum Gasteiger partial charge on any atom is 0.265 e. The molecule has 0 fully saturated rings. The fourth-order valence-corrected chi connectivity index (χ4v) is 2.26. The minimum atomic E-state index is -3.99. The molecule has 0 spiro atoms. The summed E-state index contributed by atoms with van der Waals surface area (Å²) in [6.07, 6.45) is 1.90. The molecule has 1 aromatic carbocycles. The van der Waals surface area contributed by atoms with E-state index in [4.69, 9.17) is 15.4 Å². The summed E-state index contributed by atoms with van der Waals surface area (Å²) in [5.41, 5.74) is 0. The second-order valence-electron chi connectivity index (χ2n) is 2.87. The lowest BCUT2D eigenvalue weighted by Gasteiger charge is -2.08. The summed E-state index contributed by atoms with van der Waals surface area (Å²) in [5.74, 6) is 0.112. The normalized spacial score (nSPS) is 11.4. The summed E-state index contributed by atoms with van der Waals surface area (Å²) in [4.78, 5) is -0.338. The van der Waals surface area contributed by atoms with Crippen LogP contribution < -0.4 is 4.74 Å². The van der Waals surface area contributed by atoms with E-state index in [0.29, 0.717) is 12.4 Å². The Morgan fingerprint density at radius 3 is 2.75 bits per heavy atom. The van der Waals surface area contributed by atoms with E-state index in [0.717, 1.165) is 12.1 Å². The molecular formula is C9H10ClFO3S2. The van der Waals surface area contributed by atoms with Crippen molar-refractivity contribution in [2.75, 3.05) is 18.6 Å². The van der Waals surface area contributed by atoms with Crippen molar-refractivity contribution in [1.29, 1.82) is 0 Å². The molecule has 0 heterocycles. The monoisotopic (exact) mass is 284 g/mol. The predicted molar refractivity (Wildman–Crippen MR) is 63.3 cm³/mol. The Bertz CT molecular complexity index is 462. The van der Waals surface area contributed by atoms with Crippen molar-refractivity contribution in [3.05, 3.63) is 24.0 Å². The van der Waals surface area contributed by atoms with Gasteiger partial charge in [-0.25, -0.2) is 12.8 Å². The third-order valence-corrected chi connectivity index (χ3v) is 3.63. The Hall–Kier alpha value is -0.460. The van der Waals surface area contributed by atoms with Gasteiger partial charge in [0, 0.05) is 16.4 Å². The first-order valence-corrected chi connectivity index (χ1v) is 8.01. The largest absolute Gasteiger partial charge is 0.491 e. The van der Waals surface area contributed by atoms with Gasteiger partial charge in [0.1, 0.15) is 16.5 Å². The SMILES string of the molecule is CSCCOc1ccc(F)cc1S(=O)(=O)Cl. The van der Waals surface area contributed by atoms with Gasteiger partial charge in [-0.05, 0) is 24.5 Å². The van der Waals surface area contributed by atoms with Gasteiger partial charge in [0.15, 0.2) is 0 Å². The number of hydrogen-bond acceptors (Lipinski definition) is 4. The zero-order valence-corrected chi connectivity index (χ0v) is 10.8. The van der Waals surface area contributed by atoms with E-state index in [1.807, 2.05) is 6.26 Å². The summed E-state index contributed by atoms with van der Waals surface area (Å²) in [7, 11) is 1.18. The zero-order chi connectivity index (χ0) is 12.2. The highest BCUT2D eigenvalue weighted by molar-refractivity contribution is 8.13. The minimum absolute atomic E-state index is 0.0745. The van der Waals surface area contributed by atoms with Crippen LogP contribution in [-0.2, 0) is 9.05 Å². The molecule has 0 radical (unpaired) electrons. The standard InChI is InChI=1S/C9H10ClFO3S2/c1-15-5-4-14-8-3-2-7(11)6-9(8)16(10,12)13/h2-3,6H,4-5H2,1H3. The van der Waals surface area contributed by atoms with Gasteiger partial charge >= 0.3 is 0 Å². The van der Waals surface area contributed by atoms with Gasteiger partial charge in [0.25, 0.3) is 9.05 Å². The van der Waals surface area contributed by atoms with Crippen molar-refractivity contribution in [3.8, 4) is 5.75 Å². The highest BCUT2D eigenvalue weighted by atomic mass is 35.7. The predicted octanol–water partition coefficient (Wildman–Crippen LogP) is 2.50. The van der Waals surface area contributed by atoms with Crippen LogP contribution in [0.25, 0.3) is 0 Å². The van der Waals surface area contributed by atoms with Crippen molar-refractivity contribution < 1.29 is 17.5 Å². The van der Waals surface area contributed by atoms with E-state index in [1.54, 1.807) is 11.8 Å². The first kappa shape index (κ1) is 13.6. The molecule has 1 rings (SSSR count). The van der Waals surface area contributed by atoms with E-state index in [-0.39, 0.29) is 10.6 Å². The molecule has 0 aromatic heterocycles. The van der Waals surface area contributed by atoms with E-state index in [1.165, 1.54) is 6.07 Å². The summed E-state index contributed by atoms with van der Waals surface area (Å²) >= 11 is 1.56. The fourth-order valence-electron chi connectivity index (χ4n) is 1.03. The van der Waals surface area contributed by atoms with Gasteiger partial charge in [-0.15, -0.1) is 0 Å². The summed E-state index contributed by atoms with van der Waals surface area (Å²) < 4.78 is 40.4. The average molecular weight is 285 g/mol. The van der Waals surface area contributed by atoms with Crippen LogP contribution in [0, 0.1) is 5.82 Å². The molecule has 0 aliphatic carbocycles. The zero-order valence-electron chi connectivity index (χ0n) is 8.44. The quantitative estimate of drug-likeness (QED) is 0.615. The highest BCUT2D eigenvalue weighted by Gasteiger charge is 2.17. The molecule has 0 bridgehead atoms. The number of halogens is 2. The molecule has 0 unspecified atom stereocenters. The van der Waals surface area contributed by atoms with Crippen molar-refractivity contribution in [2.24, 2.45) is 0 Å². The third-order valence-electron chi connectivity index (χ3n) is 1.71. The third kappa shape index (κ3) is 3.84. The molecule has 16 heavy (non-hydrogen) atoms. The molecule has 0 N–H and O–H groups in total. The molecule has 90 valence electrons. The van der Waals surface area contributed by atoms with E-state index < -0.39 is 14.9 Å². The summed E-state index contributed by atoms with van der Waals surface area (Å²) in [6, 6.07) is 3.22. The molecule has 0 saturated carbocycles. The van der Waals surface area contributed by atoms with Crippen LogP contribution >= 0.6 is 22.4 Å². The van der Waals surface area contributed by atoms with Crippen molar-refractivity contribution >= 4 is 31.5 Å². The molecule has 0 aliphatic rings. The van der Waals surface area contributed by atoms with Crippen molar-refractivity contribution in [3.63, 3.8) is 0 Å². The maximum absolute atomic E-state index is 12.9. The number of ether oxygens (including phenoxy) is 1. The molecule has 0 amide bonds. The average Bonchev–Trinajstić information content (AvgIpc) is 2.19. The van der Waals surface area contributed by atoms with Crippen LogP contribution in [0.3, 0.4) is 0 Å². The van der Waals surface area contributed by atoms with Gasteiger partial charge in [0.05, 0.1) is 6.61 Å². The lowest BCUT2D eigenvalue weighted by molar-refractivity contribution is 0.334. The highest BCUT2D eigenvalue weighted by Crippen LogP contribution is 2.27. The van der Waals surface area contributed by atoms with E-state index in [2.05, 4.69) is 0 Å². The Morgan fingerprint density at radius 2 is 2.19 bits per heavy atom. The van der Waals surface area contributed by atoms with Crippen molar-refractivity contribution in [1.82, 2.24) is 0 Å². The lowest BCUT2D eigenvalue weighted by Crippen LogP contribution is -2.04. The van der Waals surface area contributed by atoms with Gasteiger partial charge in [-0.2, -0.15) is 11.8 Å². The van der Waals surface area contributed by atoms with E-state index >= 15 is 0 Å². The Morgan fingerprint density at radius 1 is 1.50 bits per heavy atom. The minimum Gasteiger partial charge on any atom is -0.491 e. The second-order valence-corrected chi connectivity index (χ2v) is 6.39. The van der Waals surface area contributed by atoms with Crippen LogP contribution in [0.4, 0.5) is 4.39 Å². The Kier molecular flexibility index (Phi) is 4.89. The fraction of sp³-hybridized carbons (Fsp3) is 0.333. The van der Waals surface area contributed by atoms with Gasteiger partial charge in [-0.3, -0.25) is 0 Å². The van der Waals surface area contributed by atoms with Gasteiger partial charge < -0.3 is 4.74 Å². The van der Waals surface area contributed by atoms with Crippen LogP contribution in [0.2, 0.25) is 0 Å². The van der Waals surface area contributed by atoms with Crippen LogP contribution in [-0.4, -0.2) is 27.0 Å². The molecule has 7 heteroatoms. The van der Waals surface area contributed by atoms with Crippen LogP contribution in [0.1, 0.15) is 0 Å². The van der Waals surface area contributed by atoms with Gasteiger partial charge in [0.2, 0.25) is 0 Å². The number of hydrogen-bond donors (Lipinski definition) is 0. The molecule has 0 saturated heterocycles. The number of rotatable bonds is 5. The maximum atomic E-state index is 12.9. The van der Waals surface area contributed by atoms with Crippen LogP contribution in [0.5, 0.6) is 5.75 Å². The van der Waals surface area contributed by atoms with Crippen molar-refractivity contribution in [2.45, 2.75) is 4.90 Å². The molecule has 3 nitrogen and oxygen atoms in total. The molecule has 0 aliphatic heterocycles. The smallest absolute Gasteiger partial charge is 0.265 e. The van der Waals surface area contributed by atoms with Gasteiger partial charge in [-0.1, -0.05) is 0 Å². The lowest BCUT2D eigenvalue weighted by atomic mass is 10.3. The van der Waals surface area contributed by atoms with Crippen LogP contribution in [0.15, 0.2) is 23.1 Å².